The van der Waals surface area contributed by atoms with E-state index < -0.39 is 23.1 Å². The van der Waals surface area contributed by atoms with Crippen LogP contribution in [-0.4, -0.2) is 39.6 Å². The highest BCUT2D eigenvalue weighted by Gasteiger charge is 2.32. The Hall–Kier alpha value is -3.46. The van der Waals surface area contributed by atoms with E-state index in [4.69, 9.17) is 9.84 Å². The Morgan fingerprint density at radius 2 is 2.00 bits per heavy atom. The maximum atomic E-state index is 12.2. The molecule has 8 nitrogen and oxygen atoms in total. The van der Waals surface area contributed by atoms with E-state index in [1.54, 1.807) is 36.4 Å². The highest BCUT2D eigenvalue weighted by Crippen LogP contribution is 2.22. The smallest absolute Gasteiger partial charge is 0.343 e. The Labute approximate surface area is 170 Å². The molecule has 1 unspecified atom stereocenters. The molecule has 0 radical (unpaired) electrons. The van der Waals surface area contributed by atoms with Crippen LogP contribution in [0.3, 0.4) is 0 Å². The average Bonchev–Trinajstić information content (AvgIpc) is 3.01. The van der Waals surface area contributed by atoms with E-state index in [0.29, 0.717) is 16.9 Å². The summed E-state index contributed by atoms with van der Waals surface area (Å²) in [6, 6.07) is 13.8. The molecule has 0 aromatic heterocycles. The quantitative estimate of drug-likeness (QED) is 0.327. The van der Waals surface area contributed by atoms with Gasteiger partial charge in [-0.3, -0.25) is 9.59 Å². The summed E-state index contributed by atoms with van der Waals surface area (Å²) >= 11 is 1.02. The number of aliphatic carboxylic acids is 1. The zero-order valence-electron chi connectivity index (χ0n) is 15.4. The fourth-order valence-corrected chi connectivity index (χ4v) is 3.32. The first kappa shape index (κ1) is 20.3. The van der Waals surface area contributed by atoms with Gasteiger partial charge in [-0.1, -0.05) is 41.6 Å². The number of nitrogens with one attached hydrogen (secondary N) is 1. The molecule has 1 aliphatic heterocycles. The maximum Gasteiger partial charge on any atom is 0.343 e. The van der Waals surface area contributed by atoms with Crippen molar-refractivity contribution in [3.8, 4) is 5.75 Å². The van der Waals surface area contributed by atoms with Crippen molar-refractivity contribution in [2.75, 3.05) is 0 Å². The molecule has 0 saturated carbocycles. The van der Waals surface area contributed by atoms with Gasteiger partial charge in [-0.05, 0) is 36.8 Å². The number of esters is 1. The van der Waals surface area contributed by atoms with Crippen molar-refractivity contribution in [3.05, 3.63) is 65.2 Å². The van der Waals surface area contributed by atoms with E-state index in [2.05, 4.69) is 15.5 Å². The number of aryl methyl sites for hydroxylation is 1. The van der Waals surface area contributed by atoms with Crippen LogP contribution < -0.4 is 10.1 Å². The number of rotatable bonds is 6. The van der Waals surface area contributed by atoms with E-state index in [0.717, 1.165) is 17.3 Å². The SMILES string of the molecule is Cc1ccc(C(=O)Oc2cccc(C=NN=C3NC(=O)C(CC(=O)O)S3)c2)cc1. The van der Waals surface area contributed by atoms with Crippen LogP contribution in [0.4, 0.5) is 0 Å². The minimum Gasteiger partial charge on any atom is -0.481 e. The summed E-state index contributed by atoms with van der Waals surface area (Å²) < 4.78 is 5.37. The standard InChI is InChI=1S/C20H17N3O5S/c1-12-5-7-14(8-6-12)19(27)28-15-4-2-3-13(9-15)11-21-23-20-22-18(26)16(29-20)10-17(24)25/h2-9,11,16H,10H2,1H3,(H,24,25)(H,22,23,26). The second-order valence-electron chi connectivity index (χ2n) is 6.17. The molecule has 0 aliphatic carbocycles. The van der Waals surface area contributed by atoms with Crippen molar-refractivity contribution in [2.45, 2.75) is 18.6 Å². The van der Waals surface area contributed by atoms with Gasteiger partial charge in [0.2, 0.25) is 5.91 Å². The van der Waals surface area contributed by atoms with Crippen LogP contribution in [-0.2, 0) is 9.59 Å². The van der Waals surface area contributed by atoms with Crippen molar-refractivity contribution in [3.63, 3.8) is 0 Å². The Kier molecular flexibility index (Phi) is 6.40. The molecule has 3 rings (SSSR count). The van der Waals surface area contributed by atoms with Crippen LogP contribution in [0.1, 0.15) is 27.9 Å². The zero-order chi connectivity index (χ0) is 20.8. The lowest BCUT2D eigenvalue weighted by Crippen LogP contribution is -2.26. The monoisotopic (exact) mass is 411 g/mol. The summed E-state index contributed by atoms with van der Waals surface area (Å²) in [5, 5.41) is 18.6. The maximum absolute atomic E-state index is 12.2. The van der Waals surface area contributed by atoms with E-state index in [9.17, 15) is 14.4 Å². The molecule has 2 N–H and O–H groups in total. The number of carbonyl (C=O) groups excluding carboxylic acids is 2. The van der Waals surface area contributed by atoms with Crippen molar-refractivity contribution in [2.24, 2.45) is 10.2 Å². The summed E-state index contributed by atoms with van der Waals surface area (Å²) in [6.45, 7) is 1.93. The summed E-state index contributed by atoms with van der Waals surface area (Å²) in [7, 11) is 0. The molecule has 0 spiro atoms. The van der Waals surface area contributed by atoms with Crippen LogP contribution in [0.2, 0.25) is 0 Å². The van der Waals surface area contributed by atoms with Gasteiger partial charge in [0.05, 0.1) is 18.2 Å². The Morgan fingerprint density at radius 1 is 1.24 bits per heavy atom. The van der Waals surface area contributed by atoms with E-state index in [1.165, 1.54) is 6.21 Å². The number of carboxylic acids is 1. The van der Waals surface area contributed by atoms with E-state index in [-0.39, 0.29) is 11.6 Å². The van der Waals surface area contributed by atoms with E-state index >= 15 is 0 Å². The van der Waals surface area contributed by atoms with Crippen molar-refractivity contribution >= 4 is 41.0 Å². The molecule has 148 valence electrons. The largest absolute Gasteiger partial charge is 0.481 e. The molecule has 2 aromatic carbocycles. The number of ether oxygens (including phenoxy) is 1. The molecule has 0 bridgehead atoms. The van der Waals surface area contributed by atoms with Gasteiger partial charge in [-0.2, -0.15) is 5.10 Å². The van der Waals surface area contributed by atoms with E-state index in [1.807, 2.05) is 19.1 Å². The molecule has 9 heteroatoms. The number of carbonyl (C=O) groups is 3. The second kappa shape index (κ2) is 9.16. The second-order valence-corrected chi connectivity index (χ2v) is 7.36. The molecular weight excluding hydrogens is 394 g/mol. The van der Waals surface area contributed by atoms with Gasteiger partial charge in [0.25, 0.3) is 0 Å². The average molecular weight is 411 g/mol. The van der Waals surface area contributed by atoms with Gasteiger partial charge < -0.3 is 15.2 Å². The van der Waals surface area contributed by atoms with Crippen molar-refractivity contribution < 1.29 is 24.2 Å². The van der Waals surface area contributed by atoms with Crippen LogP contribution in [0.5, 0.6) is 5.75 Å². The third kappa shape index (κ3) is 5.76. The van der Waals surface area contributed by atoms with Crippen LogP contribution in [0, 0.1) is 6.92 Å². The number of hydrogen-bond acceptors (Lipinski definition) is 7. The number of hydrogen-bond donors (Lipinski definition) is 2. The van der Waals surface area contributed by atoms with Gasteiger partial charge in [-0.15, -0.1) is 5.10 Å². The Bertz CT molecular complexity index is 1000. The summed E-state index contributed by atoms with van der Waals surface area (Å²) in [4.78, 5) is 34.6. The summed E-state index contributed by atoms with van der Waals surface area (Å²) in [5.41, 5.74) is 2.14. The summed E-state index contributed by atoms with van der Waals surface area (Å²) in [6.07, 6.45) is 1.15. The minimum absolute atomic E-state index is 0.236. The molecular formula is C20H17N3O5S. The lowest BCUT2D eigenvalue weighted by atomic mass is 10.1. The fraction of sp³-hybridized carbons (Fsp3) is 0.150. The number of carboxylic acid groups (broad SMARTS) is 1. The third-order valence-corrected chi connectivity index (χ3v) is 4.92. The molecule has 2 aromatic rings. The topological polar surface area (TPSA) is 117 Å². The first-order valence-corrected chi connectivity index (χ1v) is 9.48. The summed E-state index contributed by atoms with van der Waals surface area (Å²) in [5.74, 6) is -1.57. The first-order valence-electron chi connectivity index (χ1n) is 8.60. The number of amides is 1. The third-order valence-electron chi connectivity index (χ3n) is 3.85. The van der Waals surface area contributed by atoms with Crippen molar-refractivity contribution in [1.82, 2.24) is 5.32 Å². The normalized spacial score (nSPS) is 17.5. The number of thioether (sulfide) groups is 1. The number of nitrogens with zero attached hydrogens (tertiary/aromatic N) is 2. The lowest BCUT2D eigenvalue weighted by Gasteiger charge is -2.05. The highest BCUT2D eigenvalue weighted by atomic mass is 32.2. The van der Waals surface area contributed by atoms with Crippen LogP contribution in [0.25, 0.3) is 0 Å². The molecule has 1 amide bonds. The molecule has 29 heavy (non-hydrogen) atoms. The fourth-order valence-electron chi connectivity index (χ4n) is 2.41. The predicted octanol–water partition coefficient (Wildman–Crippen LogP) is 2.61. The zero-order valence-corrected chi connectivity index (χ0v) is 16.2. The number of benzene rings is 2. The van der Waals surface area contributed by atoms with Crippen LogP contribution >= 0.6 is 11.8 Å². The number of amidine groups is 1. The van der Waals surface area contributed by atoms with Crippen LogP contribution in [0.15, 0.2) is 58.7 Å². The predicted molar refractivity (Wildman–Crippen MR) is 109 cm³/mol. The lowest BCUT2D eigenvalue weighted by molar-refractivity contribution is -0.138. The highest BCUT2D eigenvalue weighted by molar-refractivity contribution is 8.15. The van der Waals surface area contributed by atoms with Gasteiger partial charge in [-0.25, -0.2) is 4.79 Å². The molecule has 1 atom stereocenters. The Balaban J connectivity index is 1.62. The molecule has 1 saturated heterocycles. The minimum atomic E-state index is -1.06. The van der Waals surface area contributed by atoms with Crippen molar-refractivity contribution in [1.29, 1.82) is 0 Å². The molecule has 1 heterocycles. The van der Waals surface area contributed by atoms with Gasteiger partial charge >= 0.3 is 11.9 Å². The Morgan fingerprint density at radius 3 is 2.72 bits per heavy atom. The van der Waals surface area contributed by atoms with Gasteiger partial charge in [0.15, 0.2) is 5.17 Å². The molecule has 1 fully saturated rings. The first-order chi connectivity index (χ1) is 13.9. The van der Waals surface area contributed by atoms with Gasteiger partial charge in [0, 0.05) is 0 Å². The van der Waals surface area contributed by atoms with Gasteiger partial charge in [0.1, 0.15) is 11.0 Å². The molecule has 1 aliphatic rings.